The van der Waals surface area contributed by atoms with Gasteiger partial charge in [0.05, 0.1) is 5.92 Å². The number of carboxylic acid groups (broad SMARTS) is 1. The van der Waals surface area contributed by atoms with Crippen molar-refractivity contribution in [1.82, 2.24) is 10.6 Å². The number of amides is 2. The van der Waals surface area contributed by atoms with Crippen LogP contribution in [0.3, 0.4) is 0 Å². The third-order valence-electron chi connectivity index (χ3n) is 3.25. The van der Waals surface area contributed by atoms with Crippen molar-refractivity contribution in [1.29, 1.82) is 0 Å². The highest BCUT2D eigenvalue weighted by Gasteiger charge is 2.24. The molecule has 3 N–H and O–H groups in total. The van der Waals surface area contributed by atoms with Crippen LogP contribution < -0.4 is 10.6 Å². The average Bonchev–Trinajstić information content (AvgIpc) is 2.14. The molecule has 106 valence electrons. The first-order valence-corrected chi connectivity index (χ1v) is 6.33. The molecular weight excluding hydrogens is 232 g/mol. The third kappa shape index (κ3) is 5.89. The largest absolute Gasteiger partial charge is 0.481 e. The van der Waals surface area contributed by atoms with Crippen molar-refractivity contribution in [3.63, 3.8) is 0 Å². The number of aliphatic carboxylic acids is 1. The fourth-order valence-corrected chi connectivity index (χ4v) is 1.27. The van der Waals surface area contributed by atoms with Crippen molar-refractivity contribution < 1.29 is 14.7 Å². The Morgan fingerprint density at radius 2 is 1.67 bits per heavy atom. The Balaban J connectivity index is 4.22. The summed E-state index contributed by atoms with van der Waals surface area (Å²) in [5.41, 5.74) is -0.0262. The van der Waals surface area contributed by atoms with Crippen molar-refractivity contribution in [3.8, 4) is 0 Å². The monoisotopic (exact) mass is 258 g/mol. The van der Waals surface area contributed by atoms with Gasteiger partial charge in [-0.05, 0) is 18.3 Å². The number of rotatable bonds is 5. The van der Waals surface area contributed by atoms with E-state index in [1.54, 1.807) is 0 Å². The van der Waals surface area contributed by atoms with Gasteiger partial charge in [-0.25, -0.2) is 4.79 Å². The van der Waals surface area contributed by atoms with Crippen molar-refractivity contribution >= 4 is 12.0 Å². The highest BCUT2D eigenvalue weighted by Crippen LogP contribution is 2.18. The van der Waals surface area contributed by atoms with Gasteiger partial charge < -0.3 is 15.7 Å². The second-order valence-corrected chi connectivity index (χ2v) is 6.13. The van der Waals surface area contributed by atoms with E-state index in [9.17, 15) is 9.59 Å². The van der Waals surface area contributed by atoms with Crippen molar-refractivity contribution in [2.24, 2.45) is 17.3 Å². The number of carboxylic acids is 1. The van der Waals surface area contributed by atoms with Crippen LogP contribution in [0.2, 0.25) is 0 Å². The first kappa shape index (κ1) is 16.7. The maximum atomic E-state index is 11.6. The summed E-state index contributed by atoms with van der Waals surface area (Å²) in [6, 6.07) is -0.302. The molecule has 0 fully saturated rings. The number of urea groups is 1. The van der Waals surface area contributed by atoms with Crippen LogP contribution in [-0.4, -0.2) is 29.7 Å². The topological polar surface area (TPSA) is 78.4 Å². The predicted octanol–water partition coefficient (Wildman–Crippen LogP) is 2.08. The lowest BCUT2D eigenvalue weighted by Crippen LogP contribution is -2.48. The van der Waals surface area contributed by atoms with E-state index in [0.717, 1.165) is 0 Å². The zero-order chi connectivity index (χ0) is 14.5. The Hall–Kier alpha value is -1.26. The Morgan fingerprint density at radius 3 is 2.00 bits per heavy atom. The predicted molar refractivity (Wildman–Crippen MR) is 71.4 cm³/mol. The molecule has 18 heavy (non-hydrogen) atoms. The standard InChI is InChI=1S/C13H26N2O3/c1-8(2)10(11(16)17)7-14-12(18)15-9(3)13(4,5)6/h8-10H,7H2,1-6H3,(H,16,17)(H2,14,15,18). The zero-order valence-electron chi connectivity index (χ0n) is 12.2. The number of carbonyl (C=O) groups excluding carboxylic acids is 1. The summed E-state index contributed by atoms with van der Waals surface area (Å²) in [6.45, 7) is 11.8. The van der Waals surface area contributed by atoms with Gasteiger partial charge in [0.2, 0.25) is 0 Å². The quantitative estimate of drug-likeness (QED) is 0.706. The Labute approximate surface area is 109 Å². The van der Waals surface area contributed by atoms with Crippen LogP contribution >= 0.6 is 0 Å². The highest BCUT2D eigenvalue weighted by atomic mass is 16.4. The molecule has 5 heteroatoms. The fraction of sp³-hybridized carbons (Fsp3) is 0.846. The summed E-state index contributed by atoms with van der Waals surface area (Å²) < 4.78 is 0. The van der Waals surface area contributed by atoms with Gasteiger partial charge in [-0.2, -0.15) is 0 Å². The van der Waals surface area contributed by atoms with Gasteiger partial charge in [0.1, 0.15) is 0 Å². The molecule has 0 rings (SSSR count). The second-order valence-electron chi connectivity index (χ2n) is 6.13. The molecule has 0 radical (unpaired) electrons. The molecule has 0 aromatic carbocycles. The van der Waals surface area contributed by atoms with Crippen LogP contribution in [0.1, 0.15) is 41.5 Å². The first-order chi connectivity index (χ1) is 8.05. The normalized spacial score (nSPS) is 15.1. The van der Waals surface area contributed by atoms with E-state index in [2.05, 4.69) is 10.6 Å². The molecule has 0 aliphatic heterocycles. The minimum absolute atomic E-state index is 0.0113. The summed E-state index contributed by atoms with van der Waals surface area (Å²) in [7, 11) is 0. The van der Waals surface area contributed by atoms with Gasteiger partial charge in [-0.1, -0.05) is 34.6 Å². The molecule has 0 spiro atoms. The van der Waals surface area contributed by atoms with E-state index in [4.69, 9.17) is 5.11 Å². The minimum atomic E-state index is -0.880. The van der Waals surface area contributed by atoms with E-state index in [0.29, 0.717) is 0 Å². The van der Waals surface area contributed by atoms with Crippen LogP contribution in [0.4, 0.5) is 4.79 Å². The van der Waals surface area contributed by atoms with E-state index >= 15 is 0 Å². The van der Waals surface area contributed by atoms with Crippen LogP contribution in [-0.2, 0) is 4.79 Å². The van der Waals surface area contributed by atoms with Gasteiger partial charge in [-0.3, -0.25) is 4.79 Å². The number of hydrogen-bond donors (Lipinski definition) is 3. The molecule has 0 aliphatic carbocycles. The van der Waals surface area contributed by atoms with E-state index in [1.165, 1.54) is 0 Å². The summed E-state index contributed by atoms with van der Waals surface area (Å²) in [5, 5.41) is 14.4. The SMILES string of the molecule is CC(C)C(CNC(=O)NC(C)C(C)(C)C)C(=O)O. The molecule has 0 aromatic heterocycles. The molecule has 5 nitrogen and oxygen atoms in total. The molecule has 0 saturated heterocycles. The van der Waals surface area contributed by atoms with Crippen molar-refractivity contribution in [3.05, 3.63) is 0 Å². The molecular formula is C13H26N2O3. The number of nitrogens with one attached hydrogen (secondary N) is 2. The third-order valence-corrected chi connectivity index (χ3v) is 3.25. The lowest BCUT2D eigenvalue weighted by Gasteiger charge is -2.28. The summed E-state index contributed by atoms with van der Waals surface area (Å²) in [4.78, 5) is 22.6. The molecule has 2 amide bonds. The van der Waals surface area contributed by atoms with Crippen LogP contribution in [0.15, 0.2) is 0 Å². The maximum absolute atomic E-state index is 11.6. The van der Waals surface area contributed by atoms with Gasteiger partial charge >= 0.3 is 12.0 Å². The lowest BCUT2D eigenvalue weighted by atomic mass is 9.88. The molecule has 2 atom stereocenters. The average molecular weight is 258 g/mol. The van der Waals surface area contributed by atoms with E-state index in [-0.39, 0.29) is 30.0 Å². The molecule has 0 aromatic rings. The highest BCUT2D eigenvalue weighted by molar-refractivity contribution is 5.76. The smallest absolute Gasteiger partial charge is 0.315 e. The van der Waals surface area contributed by atoms with Gasteiger partial charge in [-0.15, -0.1) is 0 Å². The zero-order valence-corrected chi connectivity index (χ0v) is 12.2. The Kier molecular flexibility index (Phi) is 6.15. The second kappa shape index (κ2) is 6.61. The van der Waals surface area contributed by atoms with Gasteiger partial charge in [0.15, 0.2) is 0 Å². The van der Waals surface area contributed by atoms with Crippen molar-refractivity contribution in [2.45, 2.75) is 47.6 Å². The van der Waals surface area contributed by atoms with Crippen LogP contribution in [0.25, 0.3) is 0 Å². The van der Waals surface area contributed by atoms with E-state index < -0.39 is 11.9 Å². The molecule has 0 heterocycles. The number of carbonyl (C=O) groups is 2. The Bertz CT molecular complexity index is 295. The molecule has 2 unspecified atom stereocenters. The summed E-state index contributed by atoms with van der Waals surface area (Å²) in [5.74, 6) is -1.45. The van der Waals surface area contributed by atoms with Gasteiger partial charge in [0, 0.05) is 12.6 Å². The summed E-state index contributed by atoms with van der Waals surface area (Å²) in [6.07, 6.45) is 0. The minimum Gasteiger partial charge on any atom is -0.481 e. The Morgan fingerprint density at radius 1 is 1.17 bits per heavy atom. The van der Waals surface area contributed by atoms with Crippen molar-refractivity contribution in [2.75, 3.05) is 6.54 Å². The molecule has 0 bridgehead atoms. The summed E-state index contributed by atoms with van der Waals surface area (Å²) >= 11 is 0. The first-order valence-electron chi connectivity index (χ1n) is 6.33. The van der Waals surface area contributed by atoms with Gasteiger partial charge in [0.25, 0.3) is 0 Å². The molecule has 0 aliphatic rings. The van der Waals surface area contributed by atoms with Crippen LogP contribution in [0, 0.1) is 17.3 Å². The lowest BCUT2D eigenvalue weighted by molar-refractivity contribution is -0.142. The number of hydrogen-bond acceptors (Lipinski definition) is 2. The fourth-order valence-electron chi connectivity index (χ4n) is 1.27. The molecule has 0 saturated carbocycles. The maximum Gasteiger partial charge on any atom is 0.315 e. The van der Waals surface area contributed by atoms with E-state index in [1.807, 2.05) is 41.5 Å². The van der Waals surface area contributed by atoms with Crippen LogP contribution in [0.5, 0.6) is 0 Å².